The Balaban J connectivity index is 1.86. The van der Waals surface area contributed by atoms with Crippen LogP contribution in [0.1, 0.15) is 18.4 Å². The lowest BCUT2D eigenvalue weighted by Crippen LogP contribution is -2.40. The number of anilines is 1. The van der Waals surface area contributed by atoms with Gasteiger partial charge in [0.25, 0.3) is 0 Å². The lowest BCUT2D eigenvalue weighted by molar-refractivity contribution is 0.495. The third-order valence-electron chi connectivity index (χ3n) is 3.56. The molecular formula is C14H18N4S. The molecule has 2 N–H and O–H groups in total. The van der Waals surface area contributed by atoms with Crippen LogP contribution in [-0.2, 0) is 0 Å². The van der Waals surface area contributed by atoms with Crippen LogP contribution in [0.2, 0.25) is 0 Å². The lowest BCUT2D eigenvalue weighted by Gasteiger charge is -2.30. The fourth-order valence-electron chi connectivity index (χ4n) is 2.36. The van der Waals surface area contributed by atoms with Gasteiger partial charge in [0.2, 0.25) is 5.95 Å². The maximum absolute atomic E-state index is 5.94. The van der Waals surface area contributed by atoms with Gasteiger partial charge in [-0.15, -0.1) is 11.3 Å². The molecule has 3 rings (SSSR count). The Labute approximate surface area is 117 Å². The number of hydrogen-bond acceptors (Lipinski definition) is 5. The minimum atomic E-state index is 0.332. The molecule has 0 atom stereocenters. The van der Waals surface area contributed by atoms with Crippen LogP contribution in [0.15, 0.2) is 23.7 Å². The molecule has 1 aliphatic heterocycles. The van der Waals surface area contributed by atoms with Crippen LogP contribution >= 0.6 is 11.3 Å². The van der Waals surface area contributed by atoms with Gasteiger partial charge in [-0.3, -0.25) is 0 Å². The first-order chi connectivity index (χ1) is 9.24. The second kappa shape index (κ2) is 5.27. The first-order valence-corrected chi connectivity index (χ1v) is 7.50. The van der Waals surface area contributed by atoms with E-state index in [1.165, 1.54) is 10.4 Å². The van der Waals surface area contributed by atoms with E-state index in [0.717, 1.165) is 37.6 Å². The molecule has 2 aromatic rings. The third kappa shape index (κ3) is 2.62. The Morgan fingerprint density at radius 2 is 2.11 bits per heavy atom. The average molecular weight is 274 g/mol. The zero-order valence-electron chi connectivity index (χ0n) is 11.0. The highest BCUT2D eigenvalue weighted by Crippen LogP contribution is 2.28. The zero-order chi connectivity index (χ0) is 13.2. The summed E-state index contributed by atoms with van der Waals surface area (Å²) in [6.07, 6.45) is 3.89. The maximum Gasteiger partial charge on any atom is 0.225 e. The molecule has 1 saturated heterocycles. The number of piperidine rings is 1. The van der Waals surface area contributed by atoms with Crippen molar-refractivity contribution in [3.8, 4) is 10.6 Å². The van der Waals surface area contributed by atoms with Crippen molar-refractivity contribution in [2.24, 2.45) is 5.73 Å². The van der Waals surface area contributed by atoms with Crippen LogP contribution < -0.4 is 10.6 Å². The van der Waals surface area contributed by atoms with Crippen LogP contribution in [0.4, 0.5) is 5.95 Å². The first-order valence-electron chi connectivity index (χ1n) is 6.62. The average Bonchev–Trinajstić information content (AvgIpc) is 2.86. The minimum absolute atomic E-state index is 0.332. The molecule has 3 heterocycles. The normalized spacial score (nSPS) is 16.8. The minimum Gasteiger partial charge on any atom is -0.341 e. The smallest absolute Gasteiger partial charge is 0.225 e. The molecule has 0 saturated carbocycles. The highest BCUT2D eigenvalue weighted by atomic mass is 32.1. The number of rotatable bonds is 2. The topological polar surface area (TPSA) is 55.0 Å². The molecule has 1 aliphatic rings. The van der Waals surface area contributed by atoms with Gasteiger partial charge >= 0.3 is 0 Å². The highest BCUT2D eigenvalue weighted by molar-refractivity contribution is 7.13. The van der Waals surface area contributed by atoms with Crippen LogP contribution in [0, 0.1) is 6.92 Å². The van der Waals surface area contributed by atoms with E-state index in [1.807, 2.05) is 12.3 Å². The molecule has 0 aromatic carbocycles. The molecule has 1 fully saturated rings. The number of thiophene rings is 1. The summed E-state index contributed by atoms with van der Waals surface area (Å²) in [4.78, 5) is 12.6. The Morgan fingerprint density at radius 1 is 1.32 bits per heavy atom. The molecule has 0 unspecified atom stereocenters. The number of nitrogens with two attached hydrogens (primary N) is 1. The summed E-state index contributed by atoms with van der Waals surface area (Å²) in [5.74, 6) is 0.831. The van der Waals surface area contributed by atoms with Gasteiger partial charge in [0, 0.05) is 25.3 Å². The maximum atomic E-state index is 5.94. The van der Waals surface area contributed by atoms with Crippen molar-refractivity contribution < 1.29 is 0 Å². The fourth-order valence-corrected chi connectivity index (χ4v) is 3.26. The monoisotopic (exact) mass is 274 g/mol. The number of aromatic nitrogens is 2. The van der Waals surface area contributed by atoms with Crippen LogP contribution in [0.25, 0.3) is 10.6 Å². The largest absolute Gasteiger partial charge is 0.341 e. The van der Waals surface area contributed by atoms with Gasteiger partial charge in [-0.2, -0.15) is 0 Å². The molecule has 0 amide bonds. The van der Waals surface area contributed by atoms with Crippen molar-refractivity contribution in [1.29, 1.82) is 0 Å². The van der Waals surface area contributed by atoms with E-state index in [4.69, 9.17) is 10.7 Å². The molecule has 4 nitrogen and oxygen atoms in total. The van der Waals surface area contributed by atoms with Gasteiger partial charge in [0.05, 0.1) is 10.6 Å². The summed E-state index contributed by atoms with van der Waals surface area (Å²) in [6.45, 7) is 4.02. The van der Waals surface area contributed by atoms with Crippen LogP contribution in [-0.4, -0.2) is 29.1 Å². The predicted molar refractivity (Wildman–Crippen MR) is 79.5 cm³/mol. The molecule has 0 radical (unpaired) electrons. The fraction of sp³-hybridized carbons (Fsp3) is 0.429. The summed E-state index contributed by atoms with van der Waals surface area (Å²) in [6, 6.07) is 4.44. The first kappa shape index (κ1) is 12.6. The summed E-state index contributed by atoms with van der Waals surface area (Å²) in [5, 5.41) is 2.10. The van der Waals surface area contributed by atoms with Gasteiger partial charge in [-0.1, -0.05) is 0 Å². The Morgan fingerprint density at radius 3 is 2.79 bits per heavy atom. The Kier molecular flexibility index (Phi) is 3.48. The van der Waals surface area contributed by atoms with Crippen molar-refractivity contribution in [2.45, 2.75) is 25.8 Å². The predicted octanol–water partition coefficient (Wildman–Crippen LogP) is 2.44. The Bertz CT molecular complexity index is 558. The molecule has 100 valence electrons. The summed E-state index contributed by atoms with van der Waals surface area (Å²) in [7, 11) is 0. The lowest BCUT2D eigenvalue weighted by atomic mass is 10.1. The standard InChI is InChI=1S/C14H18N4S/c1-10-5-9-19-13(10)12-2-6-16-14(17-12)18-7-3-11(15)4-8-18/h2,5-6,9,11H,3-4,7-8,15H2,1H3. The number of nitrogens with zero attached hydrogens (tertiary/aromatic N) is 3. The van der Waals surface area contributed by atoms with Crippen molar-refractivity contribution in [1.82, 2.24) is 9.97 Å². The zero-order valence-corrected chi connectivity index (χ0v) is 11.9. The van der Waals surface area contributed by atoms with Gasteiger partial charge in [0.1, 0.15) is 0 Å². The van der Waals surface area contributed by atoms with E-state index < -0.39 is 0 Å². The van der Waals surface area contributed by atoms with Gasteiger partial charge in [-0.25, -0.2) is 9.97 Å². The molecule has 0 aliphatic carbocycles. The molecule has 19 heavy (non-hydrogen) atoms. The van der Waals surface area contributed by atoms with E-state index >= 15 is 0 Å². The van der Waals surface area contributed by atoms with Gasteiger partial charge in [0.15, 0.2) is 0 Å². The van der Waals surface area contributed by atoms with E-state index in [2.05, 4.69) is 28.3 Å². The SMILES string of the molecule is Cc1ccsc1-c1ccnc(N2CCC(N)CC2)n1. The second-order valence-electron chi connectivity index (χ2n) is 5.00. The highest BCUT2D eigenvalue weighted by Gasteiger charge is 2.18. The van der Waals surface area contributed by atoms with E-state index in [-0.39, 0.29) is 0 Å². The van der Waals surface area contributed by atoms with Crippen molar-refractivity contribution in [2.75, 3.05) is 18.0 Å². The van der Waals surface area contributed by atoms with E-state index in [1.54, 1.807) is 11.3 Å². The quantitative estimate of drug-likeness (QED) is 0.914. The van der Waals surface area contributed by atoms with E-state index in [0.29, 0.717) is 6.04 Å². The molecule has 5 heteroatoms. The number of aryl methyl sites for hydroxylation is 1. The van der Waals surface area contributed by atoms with Crippen molar-refractivity contribution in [3.05, 3.63) is 29.3 Å². The molecular weight excluding hydrogens is 256 g/mol. The van der Waals surface area contributed by atoms with Crippen LogP contribution in [0.3, 0.4) is 0 Å². The summed E-state index contributed by atoms with van der Waals surface area (Å²) >= 11 is 1.73. The third-order valence-corrected chi connectivity index (χ3v) is 4.60. The summed E-state index contributed by atoms with van der Waals surface area (Å²) in [5.41, 5.74) is 8.23. The molecule has 2 aromatic heterocycles. The van der Waals surface area contributed by atoms with Crippen molar-refractivity contribution in [3.63, 3.8) is 0 Å². The van der Waals surface area contributed by atoms with Gasteiger partial charge < -0.3 is 10.6 Å². The second-order valence-corrected chi connectivity index (χ2v) is 5.92. The van der Waals surface area contributed by atoms with Crippen LogP contribution in [0.5, 0.6) is 0 Å². The van der Waals surface area contributed by atoms with Crippen molar-refractivity contribution >= 4 is 17.3 Å². The molecule has 0 spiro atoms. The summed E-state index contributed by atoms with van der Waals surface area (Å²) < 4.78 is 0. The van der Waals surface area contributed by atoms with Gasteiger partial charge in [-0.05, 0) is 42.8 Å². The molecule has 0 bridgehead atoms. The van der Waals surface area contributed by atoms with E-state index in [9.17, 15) is 0 Å². The number of hydrogen-bond donors (Lipinski definition) is 1. The Hall–Kier alpha value is -1.46.